The third-order valence-corrected chi connectivity index (χ3v) is 6.86. The Morgan fingerprint density at radius 2 is 1.61 bits per heavy atom. The molecule has 0 bridgehead atoms. The number of hydrogen-bond donors (Lipinski definition) is 2. The van der Waals surface area contributed by atoms with Gasteiger partial charge in [0.25, 0.3) is 11.5 Å². The van der Waals surface area contributed by atoms with Crippen LogP contribution in [0.2, 0.25) is 0 Å². The highest BCUT2D eigenvalue weighted by atomic mass is 16.1. The van der Waals surface area contributed by atoms with E-state index in [-0.39, 0.29) is 11.5 Å². The van der Waals surface area contributed by atoms with Crippen molar-refractivity contribution >= 4 is 33.8 Å². The lowest BCUT2D eigenvalue weighted by Crippen LogP contribution is -2.45. The predicted octanol–water partition coefficient (Wildman–Crippen LogP) is 4.36. The van der Waals surface area contributed by atoms with Gasteiger partial charge in [0, 0.05) is 55.9 Å². The van der Waals surface area contributed by atoms with Crippen molar-refractivity contribution in [2.24, 2.45) is 0 Å². The topological polar surface area (TPSA) is 72.8 Å². The number of nitrogens with one attached hydrogen (secondary N) is 2. The Bertz CT molecular complexity index is 1580. The van der Waals surface area contributed by atoms with Crippen LogP contribution in [-0.4, -0.2) is 46.4 Å². The van der Waals surface area contributed by atoms with Crippen LogP contribution in [0.3, 0.4) is 0 Å². The first-order chi connectivity index (χ1) is 17.6. The van der Waals surface area contributed by atoms with E-state index in [4.69, 9.17) is 0 Å². The lowest BCUT2D eigenvalue weighted by Gasteiger charge is -2.36. The maximum Gasteiger partial charge on any atom is 0.272 e. The van der Waals surface area contributed by atoms with Crippen LogP contribution in [0, 0.1) is 0 Å². The summed E-state index contributed by atoms with van der Waals surface area (Å²) in [7, 11) is 0. The van der Waals surface area contributed by atoms with Crippen molar-refractivity contribution in [3.05, 3.63) is 113 Å². The van der Waals surface area contributed by atoms with E-state index in [1.54, 1.807) is 18.2 Å². The number of benzene rings is 3. The molecule has 36 heavy (non-hydrogen) atoms. The van der Waals surface area contributed by atoms with E-state index in [0.29, 0.717) is 16.6 Å². The zero-order valence-electron chi connectivity index (χ0n) is 19.9. The molecule has 1 saturated heterocycles. The molecule has 0 atom stereocenters. The third kappa shape index (κ3) is 4.36. The standard InChI is InChI=1S/C29H27N5O2/c35-28(22-8-13-26-25(19-22)31-29(36)27-7-4-14-34(26)27)30-23-9-11-24(12-10-23)33-17-15-32(16-18-33)20-21-5-2-1-3-6-21/h1-14,19H,15-18,20H2,(H,30,35)(H,31,36). The summed E-state index contributed by atoms with van der Waals surface area (Å²) in [5.41, 5.74) is 5.61. The third-order valence-electron chi connectivity index (χ3n) is 6.86. The molecule has 3 aromatic carbocycles. The summed E-state index contributed by atoms with van der Waals surface area (Å²) in [6.45, 7) is 4.98. The fourth-order valence-corrected chi connectivity index (χ4v) is 4.91. The number of aromatic nitrogens is 2. The van der Waals surface area contributed by atoms with Gasteiger partial charge in [-0.1, -0.05) is 30.3 Å². The van der Waals surface area contributed by atoms with E-state index in [1.807, 2.05) is 34.9 Å². The minimum Gasteiger partial charge on any atom is -0.369 e. The highest BCUT2D eigenvalue weighted by molar-refractivity contribution is 6.06. The second kappa shape index (κ2) is 9.36. The van der Waals surface area contributed by atoms with Crippen molar-refractivity contribution in [2.45, 2.75) is 6.54 Å². The maximum absolute atomic E-state index is 12.9. The van der Waals surface area contributed by atoms with Gasteiger partial charge in [0.15, 0.2) is 0 Å². The highest BCUT2D eigenvalue weighted by Crippen LogP contribution is 2.21. The van der Waals surface area contributed by atoms with E-state index in [2.05, 4.69) is 62.6 Å². The lowest BCUT2D eigenvalue weighted by atomic mass is 10.1. The molecule has 5 aromatic rings. The van der Waals surface area contributed by atoms with Gasteiger partial charge < -0.3 is 19.6 Å². The van der Waals surface area contributed by atoms with Gasteiger partial charge in [-0.2, -0.15) is 0 Å². The maximum atomic E-state index is 12.9. The Balaban J connectivity index is 1.10. The summed E-state index contributed by atoms with van der Waals surface area (Å²) in [6.07, 6.45) is 1.84. The van der Waals surface area contributed by atoms with Gasteiger partial charge >= 0.3 is 0 Å². The van der Waals surface area contributed by atoms with Gasteiger partial charge in [-0.3, -0.25) is 14.5 Å². The molecule has 180 valence electrons. The first kappa shape index (κ1) is 22.1. The molecule has 2 N–H and O–H groups in total. The van der Waals surface area contributed by atoms with E-state index < -0.39 is 0 Å². The van der Waals surface area contributed by atoms with Crippen LogP contribution in [0.1, 0.15) is 15.9 Å². The molecule has 3 heterocycles. The molecule has 1 amide bonds. The van der Waals surface area contributed by atoms with Gasteiger partial charge in [0.1, 0.15) is 5.52 Å². The number of nitrogens with zero attached hydrogens (tertiary/aromatic N) is 3. The monoisotopic (exact) mass is 477 g/mol. The number of rotatable bonds is 5. The summed E-state index contributed by atoms with van der Waals surface area (Å²) >= 11 is 0. The number of amides is 1. The van der Waals surface area contributed by atoms with Crippen molar-refractivity contribution in [1.29, 1.82) is 0 Å². The second-order valence-corrected chi connectivity index (χ2v) is 9.20. The smallest absolute Gasteiger partial charge is 0.272 e. The van der Waals surface area contributed by atoms with E-state index in [9.17, 15) is 9.59 Å². The minimum atomic E-state index is -0.215. The molecule has 1 aliphatic rings. The Morgan fingerprint density at radius 3 is 2.39 bits per heavy atom. The molecule has 0 radical (unpaired) electrons. The predicted molar refractivity (Wildman–Crippen MR) is 144 cm³/mol. The number of piperazine rings is 1. The zero-order chi connectivity index (χ0) is 24.5. The van der Waals surface area contributed by atoms with Gasteiger partial charge in [0.2, 0.25) is 0 Å². The lowest BCUT2D eigenvalue weighted by molar-refractivity contribution is 0.102. The van der Waals surface area contributed by atoms with Crippen LogP contribution in [0.5, 0.6) is 0 Å². The number of aromatic amines is 1. The highest BCUT2D eigenvalue weighted by Gasteiger charge is 2.17. The van der Waals surface area contributed by atoms with Crippen molar-refractivity contribution < 1.29 is 4.79 Å². The molecular formula is C29H27N5O2. The van der Waals surface area contributed by atoms with E-state index in [0.717, 1.165) is 49.6 Å². The Labute approximate surface area is 208 Å². The van der Waals surface area contributed by atoms with Crippen LogP contribution in [-0.2, 0) is 6.54 Å². The first-order valence-corrected chi connectivity index (χ1v) is 12.2. The van der Waals surface area contributed by atoms with Crippen LogP contribution in [0.25, 0.3) is 16.6 Å². The molecule has 0 saturated carbocycles. The zero-order valence-corrected chi connectivity index (χ0v) is 19.9. The molecule has 0 spiro atoms. The Hall–Kier alpha value is -4.36. The molecule has 0 aliphatic carbocycles. The fourth-order valence-electron chi connectivity index (χ4n) is 4.91. The van der Waals surface area contributed by atoms with Crippen molar-refractivity contribution in [3.63, 3.8) is 0 Å². The summed E-state index contributed by atoms with van der Waals surface area (Å²) in [4.78, 5) is 32.9. The molecule has 1 aliphatic heterocycles. The molecule has 0 unspecified atom stereocenters. The molecule has 2 aromatic heterocycles. The van der Waals surface area contributed by atoms with Gasteiger partial charge in [-0.25, -0.2) is 0 Å². The molecular weight excluding hydrogens is 450 g/mol. The van der Waals surface area contributed by atoms with Crippen molar-refractivity contribution in [2.75, 3.05) is 36.4 Å². The summed E-state index contributed by atoms with van der Waals surface area (Å²) in [5, 5.41) is 2.97. The number of carbonyl (C=O) groups excluding carboxylic acids is 1. The average molecular weight is 478 g/mol. The number of H-pyrrole nitrogens is 1. The van der Waals surface area contributed by atoms with Crippen LogP contribution < -0.4 is 15.8 Å². The molecule has 7 nitrogen and oxygen atoms in total. The number of hydrogen-bond acceptors (Lipinski definition) is 4. The molecule has 6 rings (SSSR count). The van der Waals surface area contributed by atoms with E-state index in [1.165, 1.54) is 5.56 Å². The number of anilines is 2. The quantitative estimate of drug-likeness (QED) is 0.395. The fraction of sp³-hybridized carbons (Fsp3) is 0.172. The average Bonchev–Trinajstić information content (AvgIpc) is 3.41. The van der Waals surface area contributed by atoms with E-state index >= 15 is 0 Å². The van der Waals surface area contributed by atoms with Gasteiger partial charge in [-0.05, 0) is 60.2 Å². The van der Waals surface area contributed by atoms with Crippen molar-refractivity contribution in [1.82, 2.24) is 14.3 Å². The van der Waals surface area contributed by atoms with Crippen LogP contribution >= 0.6 is 0 Å². The summed E-state index contributed by atoms with van der Waals surface area (Å²) < 4.78 is 1.83. The Morgan fingerprint density at radius 1 is 0.833 bits per heavy atom. The largest absolute Gasteiger partial charge is 0.369 e. The normalized spacial score (nSPS) is 14.4. The number of carbonyl (C=O) groups is 1. The summed E-state index contributed by atoms with van der Waals surface area (Å²) in [5.74, 6) is -0.215. The number of fused-ring (bicyclic) bond motifs is 3. The van der Waals surface area contributed by atoms with Gasteiger partial charge in [0.05, 0.1) is 11.0 Å². The van der Waals surface area contributed by atoms with Crippen LogP contribution in [0.15, 0.2) is 95.9 Å². The summed E-state index contributed by atoms with van der Waals surface area (Å²) in [6, 6.07) is 27.5. The minimum absolute atomic E-state index is 0.179. The molecule has 1 fully saturated rings. The van der Waals surface area contributed by atoms with Gasteiger partial charge in [-0.15, -0.1) is 0 Å². The first-order valence-electron chi connectivity index (χ1n) is 12.2. The Kier molecular flexibility index (Phi) is 5.75. The second-order valence-electron chi connectivity index (χ2n) is 9.20. The van der Waals surface area contributed by atoms with Crippen molar-refractivity contribution in [3.8, 4) is 0 Å². The van der Waals surface area contributed by atoms with Crippen LogP contribution in [0.4, 0.5) is 11.4 Å². The molecule has 7 heteroatoms. The SMILES string of the molecule is O=C(Nc1ccc(N2CCN(Cc3ccccc3)CC2)cc1)c1ccc2c(c1)[nH]c(=O)c1cccn12.